The summed E-state index contributed by atoms with van der Waals surface area (Å²) in [6, 6.07) is 13.3. The quantitative estimate of drug-likeness (QED) is 0.0491. The average molecular weight is 730 g/mol. The zero-order valence-electron chi connectivity index (χ0n) is 27.7. The Hall–Kier alpha value is -5.26. The highest BCUT2D eigenvalue weighted by Gasteiger charge is 2.55. The van der Waals surface area contributed by atoms with Crippen molar-refractivity contribution in [3.63, 3.8) is 0 Å². The molecule has 2 saturated heterocycles. The van der Waals surface area contributed by atoms with Crippen LogP contribution in [0.3, 0.4) is 0 Å². The van der Waals surface area contributed by atoms with Crippen LogP contribution >= 0.6 is 23.1 Å². The number of carbonyl (C=O) groups is 3. The summed E-state index contributed by atoms with van der Waals surface area (Å²) < 4.78 is 4.12. The molecular formula is C34H37N10O5S2+. The van der Waals surface area contributed by atoms with Crippen LogP contribution in [-0.4, -0.2) is 92.3 Å². The van der Waals surface area contributed by atoms with Crippen LogP contribution in [0.25, 0.3) is 11.0 Å². The number of carboxylic acids is 1. The van der Waals surface area contributed by atoms with Crippen LogP contribution in [0.4, 0.5) is 5.13 Å². The van der Waals surface area contributed by atoms with E-state index in [0.717, 1.165) is 59.4 Å². The van der Waals surface area contributed by atoms with E-state index in [9.17, 15) is 19.5 Å². The van der Waals surface area contributed by atoms with Crippen LogP contribution in [-0.2, 0) is 32.3 Å². The summed E-state index contributed by atoms with van der Waals surface area (Å²) in [6.45, 7) is 2.77. The van der Waals surface area contributed by atoms with Crippen LogP contribution in [0.2, 0.25) is 0 Å². The number of nitrogens with two attached hydrogens (primary N) is 2. The number of amidine groups is 1. The van der Waals surface area contributed by atoms with Crippen molar-refractivity contribution in [2.45, 2.75) is 43.4 Å². The number of oxime groups is 1. The maximum Gasteiger partial charge on any atom is 0.352 e. The van der Waals surface area contributed by atoms with E-state index in [-0.39, 0.29) is 34.8 Å². The van der Waals surface area contributed by atoms with Crippen molar-refractivity contribution in [1.29, 1.82) is 0 Å². The molecular weight excluding hydrogens is 693 g/mol. The number of nitrogens with zero attached hydrogens (tertiary/aromatic N) is 6. The van der Waals surface area contributed by atoms with Crippen molar-refractivity contribution in [2.75, 3.05) is 31.7 Å². The van der Waals surface area contributed by atoms with E-state index in [1.807, 2.05) is 47.3 Å². The molecule has 7 rings (SSSR count). The Balaban J connectivity index is 1.06. The minimum atomic E-state index is -1.21. The number of carboxylic acid groups (broad SMARTS) is 1. The van der Waals surface area contributed by atoms with Crippen LogP contribution in [0, 0.1) is 0 Å². The molecule has 4 aromatic rings. The number of aromatic nitrogens is 3. The van der Waals surface area contributed by atoms with Gasteiger partial charge in [0.1, 0.15) is 41.3 Å². The van der Waals surface area contributed by atoms with Gasteiger partial charge in [0.2, 0.25) is 5.52 Å². The highest BCUT2D eigenvalue weighted by molar-refractivity contribution is 8.00. The molecule has 3 aliphatic heterocycles. The molecule has 2 fully saturated rings. The van der Waals surface area contributed by atoms with Crippen LogP contribution in [0.15, 0.2) is 81.7 Å². The number of pyridine rings is 1. The number of β-lactam (4-membered cyclic amide) rings is 1. The van der Waals surface area contributed by atoms with E-state index >= 15 is 0 Å². The molecule has 0 bridgehead atoms. The van der Waals surface area contributed by atoms with Crippen LogP contribution < -0.4 is 26.7 Å². The number of hydrogen-bond donors (Lipinski definition) is 5. The number of thioether (sulfide) groups is 1. The van der Waals surface area contributed by atoms with Gasteiger partial charge in [0.05, 0.1) is 6.04 Å². The Morgan fingerprint density at radius 3 is 2.76 bits per heavy atom. The summed E-state index contributed by atoms with van der Waals surface area (Å²) in [6.07, 6.45) is 6.04. The molecule has 7 N–H and O–H groups in total. The zero-order valence-corrected chi connectivity index (χ0v) is 29.3. The highest BCUT2D eigenvalue weighted by Crippen LogP contribution is 2.40. The Morgan fingerprint density at radius 1 is 1.24 bits per heavy atom. The van der Waals surface area contributed by atoms with E-state index in [0.29, 0.717) is 23.7 Å². The van der Waals surface area contributed by atoms with Gasteiger partial charge in [0.25, 0.3) is 11.8 Å². The molecule has 0 radical (unpaired) electrons. The van der Waals surface area contributed by atoms with Crippen molar-refractivity contribution in [3.8, 4) is 0 Å². The second-order valence-electron chi connectivity index (χ2n) is 12.4. The maximum absolute atomic E-state index is 13.4. The number of rotatable bonds is 11. The largest absolute Gasteiger partial charge is 0.477 e. The molecule has 15 nitrogen and oxygen atoms in total. The first-order valence-electron chi connectivity index (χ1n) is 16.4. The fourth-order valence-corrected chi connectivity index (χ4v) is 8.48. The smallest absolute Gasteiger partial charge is 0.352 e. The summed E-state index contributed by atoms with van der Waals surface area (Å²) in [4.78, 5) is 54.0. The van der Waals surface area contributed by atoms with Gasteiger partial charge < -0.3 is 36.6 Å². The first-order valence-corrected chi connectivity index (χ1v) is 18.3. The van der Waals surface area contributed by atoms with E-state index in [2.05, 4.69) is 37.5 Å². The fraction of sp³-hybridized carbons (Fsp3) is 0.324. The Morgan fingerprint density at radius 2 is 2.06 bits per heavy atom. The molecule has 0 saturated carbocycles. The molecule has 2 amide bonds. The molecule has 51 heavy (non-hydrogen) atoms. The first kappa shape index (κ1) is 34.2. The summed E-state index contributed by atoms with van der Waals surface area (Å²) in [5.41, 5.74) is 16.5. The minimum Gasteiger partial charge on any atom is -0.477 e. The van der Waals surface area contributed by atoms with Crippen molar-refractivity contribution >= 4 is 68.6 Å². The normalized spacial score (nSPS) is 21.0. The van der Waals surface area contributed by atoms with Gasteiger partial charge in [-0.2, -0.15) is 4.57 Å². The summed E-state index contributed by atoms with van der Waals surface area (Å²) >= 11 is 2.52. The van der Waals surface area contributed by atoms with E-state index in [1.165, 1.54) is 23.8 Å². The van der Waals surface area contributed by atoms with E-state index in [1.54, 1.807) is 5.38 Å². The number of aliphatic carboxylic acids is 1. The minimum absolute atomic E-state index is 0.0705. The predicted octanol–water partition coefficient (Wildman–Crippen LogP) is 1.26. The van der Waals surface area contributed by atoms with Crippen LogP contribution in [0.5, 0.6) is 0 Å². The molecule has 6 heterocycles. The van der Waals surface area contributed by atoms with Crippen LogP contribution in [0.1, 0.15) is 29.7 Å². The Bertz CT molecular complexity index is 2080. The third kappa shape index (κ3) is 6.91. The average Bonchev–Trinajstić information content (AvgIpc) is 3.76. The Kier molecular flexibility index (Phi) is 9.75. The summed E-state index contributed by atoms with van der Waals surface area (Å²) in [5, 5.41) is 21.3. The lowest BCUT2D eigenvalue weighted by molar-refractivity contribution is -0.663. The number of benzene rings is 1. The zero-order chi connectivity index (χ0) is 35.6. The third-order valence-corrected chi connectivity index (χ3v) is 11.1. The van der Waals surface area contributed by atoms with E-state index in [4.69, 9.17) is 21.3 Å². The number of hydrogen-bond acceptors (Lipinski definition) is 11. The van der Waals surface area contributed by atoms with Crippen molar-refractivity contribution < 1.29 is 28.9 Å². The van der Waals surface area contributed by atoms with Gasteiger partial charge in [-0.3, -0.25) is 19.5 Å². The molecule has 1 unspecified atom stereocenters. The first-order chi connectivity index (χ1) is 24.7. The van der Waals surface area contributed by atoms with Crippen molar-refractivity contribution in [1.82, 2.24) is 25.1 Å². The van der Waals surface area contributed by atoms with Crippen molar-refractivity contribution in [3.05, 3.63) is 88.3 Å². The molecule has 0 spiro atoms. The fourth-order valence-electron chi connectivity index (χ4n) is 6.60. The molecule has 0 aliphatic carbocycles. The third-order valence-electron chi connectivity index (χ3n) is 9.07. The van der Waals surface area contributed by atoms with Gasteiger partial charge in [-0.15, -0.1) is 23.1 Å². The van der Waals surface area contributed by atoms with Gasteiger partial charge in [-0.05, 0) is 31.0 Å². The van der Waals surface area contributed by atoms with Gasteiger partial charge in [-0.1, -0.05) is 29.4 Å². The predicted molar refractivity (Wildman–Crippen MR) is 194 cm³/mol. The Labute approximate surface area is 301 Å². The summed E-state index contributed by atoms with van der Waals surface area (Å²) in [7, 11) is 1.29. The molecule has 1 aromatic carbocycles. The highest BCUT2D eigenvalue weighted by atomic mass is 32.2. The molecule has 3 atom stereocenters. The van der Waals surface area contributed by atoms with Gasteiger partial charge >= 0.3 is 5.97 Å². The molecule has 3 aromatic heterocycles. The standard InChI is InChI=1S/C34H36N10O5S2/c1-49-41-26(23-18-51-34(36)39-23)30(45)40-27-31(46)44-28(33(47)48)21(17-50-32(27)44)16-42-12-3-5-24-25(42)10-13-43(24)15-19-6-8-20(9-7-19)29(35)38-22-4-2-11-37-14-22/h3,5-10,12-13,18,22,27,32,37H,2,4,11,14-17H2,1H3,(H5-,35,36,38,39,40,45,47,48)/p+1/b41-26-/t22?,27-,32-/m1/s1. The molecule has 3 aliphatic rings. The van der Waals surface area contributed by atoms with Gasteiger partial charge in [0.15, 0.2) is 23.6 Å². The monoisotopic (exact) mass is 729 g/mol. The second-order valence-corrected chi connectivity index (χ2v) is 14.4. The van der Waals surface area contributed by atoms with Crippen molar-refractivity contribution in [2.24, 2.45) is 15.9 Å². The number of carbonyl (C=O) groups excluding carboxylic acids is 2. The number of fused-ring (bicyclic) bond motifs is 2. The number of aliphatic imine (C=N–C) groups is 1. The molecule has 17 heteroatoms. The number of anilines is 1. The van der Waals surface area contributed by atoms with E-state index < -0.39 is 29.2 Å². The number of thiazole rings is 1. The lowest BCUT2D eigenvalue weighted by Gasteiger charge is -2.49. The topological polar surface area (TPSA) is 206 Å². The lowest BCUT2D eigenvalue weighted by Crippen LogP contribution is -2.71. The number of nitrogens with one attached hydrogen (secondary N) is 2. The number of nitrogen functional groups attached to an aromatic ring is 1. The second kappa shape index (κ2) is 14.5. The number of amides is 2. The summed E-state index contributed by atoms with van der Waals surface area (Å²) in [5.74, 6) is -1.51. The maximum atomic E-state index is 13.4. The number of piperidine rings is 1. The van der Waals surface area contributed by atoms with Gasteiger partial charge in [0, 0.05) is 53.7 Å². The SMILES string of the molecule is CO/N=C(\C(=O)N[C@@H]1C(=O)N2C(C(=O)O)=C(C[n+]3cccc4c3ccn4Cc3ccc(C(N)=NC4CCCNC4)cc3)CS[C@H]12)c1csc(N)n1. The lowest BCUT2D eigenvalue weighted by atomic mass is 10.0. The molecule has 264 valence electrons. The van der Waals surface area contributed by atoms with Gasteiger partial charge in [-0.25, -0.2) is 9.78 Å².